The average molecular weight is 325 g/mol. The van der Waals surface area contributed by atoms with Crippen LogP contribution in [0.2, 0.25) is 5.02 Å². The quantitative estimate of drug-likeness (QED) is 0.634. The second-order valence-corrected chi connectivity index (χ2v) is 7.35. The van der Waals surface area contributed by atoms with Gasteiger partial charge in [-0.3, -0.25) is 0 Å². The first kappa shape index (κ1) is 15.2. The Kier molecular flexibility index (Phi) is 4.20. The summed E-state index contributed by atoms with van der Waals surface area (Å²) in [5, 5.41) is 0.635. The summed E-state index contributed by atoms with van der Waals surface area (Å²) < 4.78 is 2.38. The fourth-order valence-corrected chi connectivity index (χ4v) is 4.20. The highest BCUT2D eigenvalue weighted by molar-refractivity contribution is 6.31. The van der Waals surface area contributed by atoms with Crippen molar-refractivity contribution in [2.24, 2.45) is 11.8 Å². The summed E-state index contributed by atoms with van der Waals surface area (Å²) in [4.78, 5) is 4.75. The van der Waals surface area contributed by atoms with E-state index in [4.69, 9.17) is 28.2 Å². The van der Waals surface area contributed by atoms with Crippen molar-refractivity contribution in [3.63, 3.8) is 0 Å². The average Bonchev–Trinajstić information content (AvgIpc) is 2.98. The van der Waals surface area contributed by atoms with E-state index >= 15 is 0 Å². The molecule has 114 valence electrons. The minimum absolute atomic E-state index is 0.0935. The van der Waals surface area contributed by atoms with Crippen LogP contribution in [0.3, 0.4) is 0 Å². The van der Waals surface area contributed by atoms with E-state index in [0.717, 1.165) is 27.8 Å². The summed E-state index contributed by atoms with van der Waals surface area (Å²) in [5.74, 6) is 2.44. The van der Waals surface area contributed by atoms with E-state index in [-0.39, 0.29) is 5.38 Å². The molecule has 1 aliphatic rings. The van der Waals surface area contributed by atoms with Crippen molar-refractivity contribution in [1.82, 2.24) is 9.55 Å². The Morgan fingerprint density at radius 1 is 1.38 bits per heavy atom. The molecule has 2 nitrogen and oxygen atoms in total. The number of halogens is 2. The predicted octanol–water partition coefficient (Wildman–Crippen LogP) is 5.99. The van der Waals surface area contributed by atoms with Crippen molar-refractivity contribution in [2.45, 2.75) is 51.5 Å². The number of imidazole rings is 1. The van der Waals surface area contributed by atoms with Gasteiger partial charge in [-0.2, -0.15) is 0 Å². The molecule has 1 aromatic carbocycles. The number of nitrogens with zero attached hydrogens (tertiary/aromatic N) is 2. The van der Waals surface area contributed by atoms with Gasteiger partial charge in [-0.05, 0) is 49.8 Å². The molecular weight excluding hydrogens is 303 g/mol. The van der Waals surface area contributed by atoms with Gasteiger partial charge in [-0.25, -0.2) is 4.98 Å². The normalized spacial score (nSPS) is 27.4. The molecule has 3 rings (SSSR count). The third-order valence-corrected chi connectivity index (χ3v) is 5.50. The number of benzene rings is 1. The van der Waals surface area contributed by atoms with Gasteiger partial charge in [-0.15, -0.1) is 11.6 Å². The molecule has 0 N–H and O–H groups in total. The summed E-state index contributed by atoms with van der Waals surface area (Å²) in [6.45, 7) is 6.66. The number of hydrogen-bond acceptors (Lipinski definition) is 1. The fraction of sp³-hybridized carbons (Fsp3) is 0.588. The maximum Gasteiger partial charge on any atom is 0.127 e. The van der Waals surface area contributed by atoms with Crippen LogP contribution < -0.4 is 0 Å². The lowest BCUT2D eigenvalue weighted by atomic mass is 9.93. The van der Waals surface area contributed by atoms with E-state index in [1.807, 2.05) is 19.1 Å². The SMILES string of the molecule is CCC1CCC(n2c(C(C)Cl)nc3cc(Cl)ccc32)C1C. The zero-order valence-corrected chi connectivity index (χ0v) is 14.3. The van der Waals surface area contributed by atoms with Gasteiger partial charge in [0.25, 0.3) is 0 Å². The summed E-state index contributed by atoms with van der Waals surface area (Å²) >= 11 is 12.5. The van der Waals surface area contributed by atoms with Crippen LogP contribution in [0, 0.1) is 11.8 Å². The summed E-state index contributed by atoms with van der Waals surface area (Å²) in [7, 11) is 0. The standard InChI is InChI=1S/C17H22Cl2N2/c1-4-12-5-7-15(10(12)2)21-16-8-6-13(19)9-14(16)20-17(21)11(3)18/h6,8-12,15H,4-5,7H2,1-3H3. The molecule has 2 aromatic rings. The zero-order valence-electron chi connectivity index (χ0n) is 12.8. The highest BCUT2D eigenvalue weighted by Gasteiger charge is 2.35. The second kappa shape index (κ2) is 5.81. The van der Waals surface area contributed by atoms with Gasteiger partial charge in [0.05, 0.1) is 16.4 Å². The summed E-state index contributed by atoms with van der Waals surface area (Å²) in [6, 6.07) is 6.46. The minimum Gasteiger partial charge on any atom is -0.323 e. The molecule has 4 atom stereocenters. The van der Waals surface area contributed by atoms with Crippen LogP contribution in [-0.2, 0) is 0 Å². The van der Waals surface area contributed by atoms with Gasteiger partial charge < -0.3 is 4.57 Å². The predicted molar refractivity (Wildman–Crippen MR) is 90.2 cm³/mol. The molecule has 0 radical (unpaired) electrons. The smallest absolute Gasteiger partial charge is 0.127 e. The molecule has 4 heteroatoms. The van der Waals surface area contributed by atoms with E-state index < -0.39 is 0 Å². The molecule has 1 heterocycles. The molecule has 0 amide bonds. The summed E-state index contributed by atoms with van der Waals surface area (Å²) in [5.41, 5.74) is 2.12. The third-order valence-electron chi connectivity index (χ3n) is 5.07. The highest BCUT2D eigenvalue weighted by atomic mass is 35.5. The Hall–Kier alpha value is -0.730. The van der Waals surface area contributed by atoms with Gasteiger partial charge in [0.15, 0.2) is 0 Å². The Morgan fingerprint density at radius 2 is 2.14 bits per heavy atom. The lowest BCUT2D eigenvalue weighted by Crippen LogP contribution is -2.18. The molecular formula is C17H22Cl2N2. The molecule has 0 saturated heterocycles. The van der Waals surface area contributed by atoms with Crippen molar-refractivity contribution < 1.29 is 0 Å². The molecule has 1 saturated carbocycles. The van der Waals surface area contributed by atoms with Crippen LogP contribution in [-0.4, -0.2) is 9.55 Å². The highest BCUT2D eigenvalue weighted by Crippen LogP contribution is 2.44. The van der Waals surface area contributed by atoms with Gasteiger partial charge in [-0.1, -0.05) is 31.9 Å². The second-order valence-electron chi connectivity index (χ2n) is 6.26. The van der Waals surface area contributed by atoms with E-state index in [2.05, 4.69) is 24.5 Å². The molecule has 0 bridgehead atoms. The van der Waals surface area contributed by atoms with Crippen molar-refractivity contribution in [2.75, 3.05) is 0 Å². The first-order chi connectivity index (χ1) is 10.0. The third kappa shape index (κ3) is 2.57. The first-order valence-electron chi connectivity index (χ1n) is 7.84. The van der Waals surface area contributed by atoms with Crippen molar-refractivity contribution in [3.8, 4) is 0 Å². The van der Waals surface area contributed by atoms with Crippen LogP contribution in [0.1, 0.15) is 57.3 Å². The topological polar surface area (TPSA) is 17.8 Å². The van der Waals surface area contributed by atoms with Gasteiger partial charge in [0, 0.05) is 11.1 Å². The number of hydrogen-bond donors (Lipinski definition) is 0. The Balaban J connectivity index is 2.14. The number of rotatable bonds is 3. The van der Waals surface area contributed by atoms with Crippen molar-refractivity contribution in [3.05, 3.63) is 29.0 Å². The van der Waals surface area contributed by atoms with Gasteiger partial charge >= 0.3 is 0 Å². The first-order valence-corrected chi connectivity index (χ1v) is 8.65. The van der Waals surface area contributed by atoms with Crippen LogP contribution >= 0.6 is 23.2 Å². The molecule has 21 heavy (non-hydrogen) atoms. The van der Waals surface area contributed by atoms with Gasteiger partial charge in [0.2, 0.25) is 0 Å². The van der Waals surface area contributed by atoms with E-state index in [1.54, 1.807) is 0 Å². The molecule has 1 fully saturated rings. The number of fused-ring (bicyclic) bond motifs is 1. The molecule has 0 spiro atoms. The van der Waals surface area contributed by atoms with E-state index in [1.165, 1.54) is 19.3 Å². The lowest BCUT2D eigenvalue weighted by Gasteiger charge is -2.24. The van der Waals surface area contributed by atoms with E-state index in [9.17, 15) is 0 Å². The summed E-state index contributed by atoms with van der Waals surface area (Å²) in [6.07, 6.45) is 3.76. The molecule has 4 unspecified atom stereocenters. The maximum atomic E-state index is 6.40. The molecule has 1 aromatic heterocycles. The van der Waals surface area contributed by atoms with Crippen LogP contribution in [0.5, 0.6) is 0 Å². The Morgan fingerprint density at radius 3 is 2.76 bits per heavy atom. The largest absolute Gasteiger partial charge is 0.323 e. The number of aromatic nitrogens is 2. The molecule has 1 aliphatic carbocycles. The lowest BCUT2D eigenvalue weighted by molar-refractivity contribution is 0.329. The Bertz CT molecular complexity index is 648. The molecule has 0 aliphatic heterocycles. The van der Waals surface area contributed by atoms with Crippen molar-refractivity contribution >= 4 is 34.2 Å². The van der Waals surface area contributed by atoms with Crippen LogP contribution in [0.25, 0.3) is 11.0 Å². The monoisotopic (exact) mass is 324 g/mol. The fourth-order valence-electron chi connectivity index (χ4n) is 3.88. The Labute approximate surface area is 136 Å². The number of alkyl halides is 1. The zero-order chi connectivity index (χ0) is 15.1. The van der Waals surface area contributed by atoms with Crippen LogP contribution in [0.15, 0.2) is 18.2 Å². The van der Waals surface area contributed by atoms with E-state index in [0.29, 0.717) is 12.0 Å². The maximum absolute atomic E-state index is 6.40. The van der Waals surface area contributed by atoms with Gasteiger partial charge in [0.1, 0.15) is 5.82 Å². The minimum atomic E-state index is -0.0935. The van der Waals surface area contributed by atoms with Crippen LogP contribution in [0.4, 0.5) is 0 Å². The van der Waals surface area contributed by atoms with Crippen molar-refractivity contribution in [1.29, 1.82) is 0 Å².